The fourth-order valence-corrected chi connectivity index (χ4v) is 8.53. The number of allylic oxidation sites excluding steroid dienone is 24. The Hall–Kier alpha value is -4.71. The molecule has 0 aromatic carbocycles. The van der Waals surface area contributed by atoms with Crippen molar-refractivity contribution in [2.45, 2.75) is 284 Å². The normalized spacial score (nSPS) is 13.1. The summed E-state index contributed by atoms with van der Waals surface area (Å²) >= 11 is 0. The van der Waals surface area contributed by atoms with Crippen LogP contribution in [0.5, 0.6) is 0 Å². The molecule has 0 aromatic rings. The number of unbranched alkanes of at least 4 members (excludes halogenated alkanes) is 22. The summed E-state index contributed by atoms with van der Waals surface area (Å²) in [5, 5.41) is 0. The van der Waals surface area contributed by atoms with Crippen molar-refractivity contribution in [2.24, 2.45) is 0 Å². The fourth-order valence-electron chi connectivity index (χ4n) is 8.53. The molecule has 446 valence electrons. The number of hydrogen-bond donors (Lipinski definition) is 0. The minimum Gasteiger partial charge on any atom is -0.462 e. The first-order chi connectivity index (χ1) is 39.0. The van der Waals surface area contributed by atoms with Gasteiger partial charge in [0, 0.05) is 19.3 Å². The Morgan fingerprint density at radius 3 is 0.797 bits per heavy atom. The molecule has 0 rings (SSSR count). The molecular weight excluding hydrogens is 973 g/mol. The van der Waals surface area contributed by atoms with Gasteiger partial charge in [0.1, 0.15) is 13.2 Å². The van der Waals surface area contributed by atoms with E-state index in [0.717, 1.165) is 128 Å². The van der Waals surface area contributed by atoms with E-state index in [1.807, 2.05) is 0 Å². The van der Waals surface area contributed by atoms with Gasteiger partial charge < -0.3 is 14.2 Å². The monoisotopic (exact) mass is 1090 g/mol. The summed E-state index contributed by atoms with van der Waals surface area (Å²) in [5.41, 5.74) is 0. The van der Waals surface area contributed by atoms with Gasteiger partial charge in [-0.05, 0) is 141 Å². The minimum absolute atomic E-state index is 0.102. The van der Waals surface area contributed by atoms with E-state index < -0.39 is 6.10 Å². The van der Waals surface area contributed by atoms with Gasteiger partial charge in [0.2, 0.25) is 0 Å². The lowest BCUT2D eigenvalue weighted by Crippen LogP contribution is -2.30. The van der Waals surface area contributed by atoms with Crippen LogP contribution in [0.4, 0.5) is 0 Å². The van der Waals surface area contributed by atoms with Gasteiger partial charge in [0.05, 0.1) is 0 Å². The van der Waals surface area contributed by atoms with Gasteiger partial charge in [-0.1, -0.05) is 263 Å². The van der Waals surface area contributed by atoms with Crippen molar-refractivity contribution in [1.29, 1.82) is 0 Å². The third-order valence-corrected chi connectivity index (χ3v) is 13.3. The molecule has 0 spiro atoms. The van der Waals surface area contributed by atoms with Crippen LogP contribution in [-0.4, -0.2) is 37.2 Å². The second kappa shape index (κ2) is 65.8. The highest BCUT2D eigenvalue weighted by Gasteiger charge is 2.19. The predicted octanol–water partition coefficient (Wildman–Crippen LogP) is 22.3. The number of ether oxygens (including phenoxy) is 3. The Balaban J connectivity index is 4.51. The Bertz CT molecular complexity index is 1730. The minimum atomic E-state index is -0.811. The van der Waals surface area contributed by atoms with Gasteiger partial charge in [-0.15, -0.1) is 0 Å². The van der Waals surface area contributed by atoms with E-state index in [1.165, 1.54) is 103 Å². The number of carbonyl (C=O) groups excluding carboxylic acids is 3. The predicted molar refractivity (Wildman–Crippen MR) is 343 cm³/mol. The van der Waals surface area contributed by atoms with Crippen LogP contribution in [0.25, 0.3) is 0 Å². The molecule has 0 saturated heterocycles. The SMILES string of the molecule is CC/C=C\C/C=C\C/C=C\C/C=C\C/C=C\C/C=C\CCCCC(=O)OCC(COC(=O)CCCCCCCCCCC/C=C\C/C=C\CCCCC)OC(=O)CCCCCCCCCC/C=C\C/C=C\C/C=C\C/C=C\CC. The van der Waals surface area contributed by atoms with Crippen molar-refractivity contribution in [3.05, 3.63) is 146 Å². The quantitative estimate of drug-likeness (QED) is 0.0261. The first kappa shape index (κ1) is 74.3. The fraction of sp³-hybridized carbons (Fsp3) is 0.630. The highest BCUT2D eigenvalue weighted by atomic mass is 16.6. The van der Waals surface area contributed by atoms with Crippen LogP contribution in [0.1, 0.15) is 278 Å². The van der Waals surface area contributed by atoms with E-state index in [9.17, 15) is 14.4 Å². The van der Waals surface area contributed by atoms with Crippen LogP contribution in [-0.2, 0) is 28.6 Å². The van der Waals surface area contributed by atoms with Gasteiger partial charge >= 0.3 is 17.9 Å². The van der Waals surface area contributed by atoms with E-state index in [4.69, 9.17) is 14.2 Å². The first-order valence-corrected chi connectivity index (χ1v) is 32.3. The topological polar surface area (TPSA) is 78.9 Å². The molecule has 0 aliphatic carbocycles. The van der Waals surface area contributed by atoms with Gasteiger partial charge in [0.25, 0.3) is 0 Å². The molecule has 1 unspecified atom stereocenters. The molecule has 0 aliphatic rings. The summed E-state index contributed by atoms with van der Waals surface area (Å²) in [6.07, 6.45) is 94.1. The van der Waals surface area contributed by atoms with E-state index in [0.29, 0.717) is 25.7 Å². The molecule has 0 aromatic heterocycles. The third-order valence-electron chi connectivity index (χ3n) is 13.3. The van der Waals surface area contributed by atoms with Crippen molar-refractivity contribution in [2.75, 3.05) is 13.2 Å². The zero-order valence-corrected chi connectivity index (χ0v) is 51.1. The number of rotatable bonds is 57. The zero-order chi connectivity index (χ0) is 57.1. The van der Waals surface area contributed by atoms with Gasteiger partial charge in [-0.25, -0.2) is 0 Å². The molecule has 0 saturated carbocycles. The van der Waals surface area contributed by atoms with Crippen molar-refractivity contribution in [3.63, 3.8) is 0 Å². The lowest BCUT2D eigenvalue weighted by molar-refractivity contribution is -0.167. The Morgan fingerprint density at radius 1 is 0.266 bits per heavy atom. The van der Waals surface area contributed by atoms with Crippen LogP contribution in [0.15, 0.2) is 146 Å². The lowest BCUT2D eigenvalue weighted by Gasteiger charge is -2.18. The maximum absolute atomic E-state index is 12.9. The zero-order valence-electron chi connectivity index (χ0n) is 51.1. The summed E-state index contributed by atoms with van der Waals surface area (Å²) in [4.78, 5) is 38.4. The average Bonchev–Trinajstić information content (AvgIpc) is 3.45. The van der Waals surface area contributed by atoms with E-state index in [2.05, 4.69) is 167 Å². The summed E-state index contributed by atoms with van der Waals surface area (Å²) < 4.78 is 16.9. The summed E-state index contributed by atoms with van der Waals surface area (Å²) in [6.45, 7) is 6.35. The van der Waals surface area contributed by atoms with Gasteiger partial charge in [-0.2, -0.15) is 0 Å². The molecule has 0 aliphatic heterocycles. The molecule has 0 fully saturated rings. The van der Waals surface area contributed by atoms with Crippen LogP contribution >= 0.6 is 0 Å². The van der Waals surface area contributed by atoms with E-state index in [1.54, 1.807) is 0 Å². The van der Waals surface area contributed by atoms with Crippen molar-refractivity contribution >= 4 is 17.9 Å². The van der Waals surface area contributed by atoms with Gasteiger partial charge in [0.15, 0.2) is 6.10 Å². The van der Waals surface area contributed by atoms with Crippen LogP contribution in [0, 0.1) is 0 Å². The summed E-state index contributed by atoms with van der Waals surface area (Å²) in [7, 11) is 0. The molecule has 1 atom stereocenters. The average molecular weight is 1090 g/mol. The highest BCUT2D eigenvalue weighted by molar-refractivity contribution is 5.71. The van der Waals surface area contributed by atoms with Gasteiger partial charge in [-0.3, -0.25) is 14.4 Å². The molecule has 0 radical (unpaired) electrons. The third kappa shape index (κ3) is 64.0. The van der Waals surface area contributed by atoms with E-state index >= 15 is 0 Å². The lowest BCUT2D eigenvalue weighted by atomic mass is 10.1. The van der Waals surface area contributed by atoms with Crippen molar-refractivity contribution in [1.82, 2.24) is 0 Å². The molecule has 6 heteroatoms. The summed E-state index contributed by atoms with van der Waals surface area (Å²) in [6, 6.07) is 0. The van der Waals surface area contributed by atoms with E-state index in [-0.39, 0.29) is 31.1 Å². The highest BCUT2D eigenvalue weighted by Crippen LogP contribution is 2.15. The van der Waals surface area contributed by atoms with Crippen LogP contribution < -0.4 is 0 Å². The number of hydrogen-bond acceptors (Lipinski definition) is 6. The van der Waals surface area contributed by atoms with Crippen LogP contribution in [0.3, 0.4) is 0 Å². The number of carbonyl (C=O) groups is 3. The molecule has 0 amide bonds. The number of esters is 3. The molecule has 0 N–H and O–H groups in total. The second-order valence-electron chi connectivity index (χ2n) is 20.9. The first-order valence-electron chi connectivity index (χ1n) is 32.3. The maximum Gasteiger partial charge on any atom is 0.306 e. The second-order valence-corrected chi connectivity index (χ2v) is 20.9. The molecule has 79 heavy (non-hydrogen) atoms. The van der Waals surface area contributed by atoms with Crippen LogP contribution in [0.2, 0.25) is 0 Å². The smallest absolute Gasteiger partial charge is 0.306 e. The largest absolute Gasteiger partial charge is 0.462 e. The molecule has 0 bridgehead atoms. The standard InChI is InChI=1S/C73H118O6/c1-4-7-10-13-16-19-22-25-28-31-34-36-39-42-45-48-51-54-57-60-63-66-72(75)78-69-70(68-77-71(74)65-62-59-56-53-50-47-44-41-38-33-30-27-24-21-18-15-12-9-6-3)79-73(76)67-64-61-58-55-52-49-46-43-40-37-35-32-29-26-23-20-17-14-11-8-5-2/h7-8,10-11,16-21,25-30,34-37,42,45,51,54,70H,4-6,9,12-15,22-24,31-33,38-41,43-44,46-50,52-53,55-69H2,1-3H3/b10-7-,11-8-,19-16-,20-17-,21-18-,28-25-,29-26-,30-27-,36-34-,37-35-,45-42-,54-51-. The Morgan fingerprint density at radius 2 is 0.494 bits per heavy atom. The maximum atomic E-state index is 12.9. The Kier molecular flexibility index (Phi) is 61.9. The molecule has 0 heterocycles. The van der Waals surface area contributed by atoms with Crippen molar-refractivity contribution < 1.29 is 28.6 Å². The molecule has 6 nitrogen and oxygen atoms in total. The molecular formula is C73H118O6. The Labute approximate surface area is 487 Å². The summed E-state index contributed by atoms with van der Waals surface area (Å²) in [5.74, 6) is -0.958. The van der Waals surface area contributed by atoms with Crippen molar-refractivity contribution in [3.8, 4) is 0 Å².